The second kappa shape index (κ2) is 9.41. The van der Waals surface area contributed by atoms with Crippen molar-refractivity contribution in [3.05, 3.63) is 59.7 Å². The average molecular weight is 500 g/mol. The molecular formula is C19H25IN4O2S. The molecule has 3 rings (SSSR count). The number of halogens is 1. The smallest absolute Gasteiger partial charge is 0.229 e. The van der Waals surface area contributed by atoms with E-state index in [1.807, 2.05) is 31.2 Å². The zero-order valence-corrected chi connectivity index (χ0v) is 18.6. The maximum atomic E-state index is 11.4. The van der Waals surface area contributed by atoms with Gasteiger partial charge >= 0.3 is 0 Å². The number of hydrogen-bond donors (Lipinski definition) is 2. The van der Waals surface area contributed by atoms with Crippen LogP contribution in [0, 0.1) is 0 Å². The SMILES string of the molecule is CCNC(=NCc1cccc(NS(C)(=O)=O)c1)N1CCc2ccccc21.I. The van der Waals surface area contributed by atoms with E-state index in [2.05, 4.69) is 33.1 Å². The van der Waals surface area contributed by atoms with E-state index in [9.17, 15) is 8.42 Å². The van der Waals surface area contributed by atoms with Crippen LogP contribution in [-0.4, -0.2) is 33.7 Å². The number of nitrogens with one attached hydrogen (secondary N) is 2. The number of hydrogen-bond acceptors (Lipinski definition) is 3. The van der Waals surface area contributed by atoms with Crippen molar-refractivity contribution >= 4 is 51.3 Å². The molecule has 1 aliphatic rings. The minimum atomic E-state index is -3.29. The lowest BCUT2D eigenvalue weighted by molar-refractivity contribution is 0.607. The Morgan fingerprint density at radius 2 is 1.96 bits per heavy atom. The number of fused-ring (bicyclic) bond motifs is 1. The third kappa shape index (κ3) is 5.83. The van der Waals surface area contributed by atoms with Crippen molar-refractivity contribution in [1.29, 1.82) is 0 Å². The molecule has 0 atom stereocenters. The number of para-hydroxylation sites is 1. The van der Waals surface area contributed by atoms with Gasteiger partial charge in [0.25, 0.3) is 0 Å². The highest BCUT2D eigenvalue weighted by atomic mass is 127. The second-order valence-corrected chi connectivity index (χ2v) is 8.02. The number of benzene rings is 2. The summed E-state index contributed by atoms with van der Waals surface area (Å²) in [4.78, 5) is 6.96. The van der Waals surface area contributed by atoms with Gasteiger partial charge in [0.05, 0.1) is 12.8 Å². The van der Waals surface area contributed by atoms with Gasteiger partial charge in [-0.25, -0.2) is 13.4 Å². The van der Waals surface area contributed by atoms with E-state index in [1.54, 1.807) is 6.07 Å². The molecule has 27 heavy (non-hydrogen) atoms. The zero-order chi connectivity index (χ0) is 18.6. The summed E-state index contributed by atoms with van der Waals surface area (Å²) < 4.78 is 25.3. The van der Waals surface area contributed by atoms with Gasteiger partial charge in [-0.3, -0.25) is 4.72 Å². The molecule has 0 radical (unpaired) electrons. The van der Waals surface area contributed by atoms with E-state index in [0.29, 0.717) is 12.2 Å². The van der Waals surface area contributed by atoms with Gasteiger partial charge in [-0.1, -0.05) is 30.3 Å². The van der Waals surface area contributed by atoms with Crippen molar-refractivity contribution in [2.75, 3.05) is 29.0 Å². The van der Waals surface area contributed by atoms with E-state index in [-0.39, 0.29) is 24.0 Å². The highest BCUT2D eigenvalue weighted by molar-refractivity contribution is 14.0. The van der Waals surface area contributed by atoms with Crippen LogP contribution in [-0.2, 0) is 23.0 Å². The van der Waals surface area contributed by atoms with Crippen molar-refractivity contribution in [3.63, 3.8) is 0 Å². The molecule has 0 fully saturated rings. The van der Waals surface area contributed by atoms with E-state index in [1.165, 1.54) is 11.3 Å². The van der Waals surface area contributed by atoms with Crippen LogP contribution in [0.5, 0.6) is 0 Å². The lowest BCUT2D eigenvalue weighted by Crippen LogP contribution is -2.40. The summed E-state index contributed by atoms with van der Waals surface area (Å²) in [5, 5.41) is 3.35. The number of anilines is 2. The predicted octanol–water partition coefficient (Wildman–Crippen LogP) is 3.20. The Hall–Kier alpha value is -1.81. The summed E-state index contributed by atoms with van der Waals surface area (Å²) in [6.07, 6.45) is 2.15. The first kappa shape index (κ1) is 21.5. The van der Waals surface area contributed by atoms with Crippen molar-refractivity contribution in [2.45, 2.75) is 19.9 Å². The number of sulfonamides is 1. The Balaban J connectivity index is 0.00000261. The molecule has 0 saturated heterocycles. The monoisotopic (exact) mass is 500 g/mol. The van der Waals surface area contributed by atoms with Gasteiger partial charge in [-0.2, -0.15) is 0 Å². The second-order valence-electron chi connectivity index (χ2n) is 6.28. The molecule has 1 heterocycles. The Kier molecular flexibility index (Phi) is 7.49. The van der Waals surface area contributed by atoms with Crippen molar-refractivity contribution in [3.8, 4) is 0 Å². The van der Waals surface area contributed by atoms with Crippen molar-refractivity contribution < 1.29 is 8.42 Å². The molecule has 0 aromatic heterocycles. The topological polar surface area (TPSA) is 73.8 Å². The van der Waals surface area contributed by atoms with Crippen LogP contribution in [0.25, 0.3) is 0 Å². The Morgan fingerprint density at radius 3 is 2.70 bits per heavy atom. The number of aliphatic imine (C=N–C) groups is 1. The van der Waals surface area contributed by atoms with Crippen LogP contribution in [0.15, 0.2) is 53.5 Å². The summed E-state index contributed by atoms with van der Waals surface area (Å²) in [6.45, 7) is 4.21. The highest BCUT2D eigenvalue weighted by Gasteiger charge is 2.22. The minimum Gasteiger partial charge on any atom is -0.356 e. The molecule has 0 unspecified atom stereocenters. The van der Waals surface area contributed by atoms with Crippen LogP contribution in [0.4, 0.5) is 11.4 Å². The van der Waals surface area contributed by atoms with Gasteiger partial charge in [-0.15, -0.1) is 24.0 Å². The molecule has 0 spiro atoms. The van der Waals surface area contributed by atoms with Gasteiger partial charge in [-0.05, 0) is 42.7 Å². The molecule has 8 heteroatoms. The Labute approximate surface area is 178 Å². The molecular weight excluding hydrogens is 475 g/mol. The first-order valence-electron chi connectivity index (χ1n) is 8.67. The average Bonchev–Trinajstić information content (AvgIpc) is 3.01. The standard InChI is InChI=1S/C19H24N4O2S.HI/c1-3-20-19(23-12-11-16-8-4-5-10-18(16)23)21-14-15-7-6-9-17(13-15)22-26(2,24)25;/h4-10,13,22H,3,11-12,14H2,1-2H3,(H,20,21);1H. The van der Waals surface area contributed by atoms with Crippen LogP contribution < -0.4 is 14.9 Å². The largest absolute Gasteiger partial charge is 0.356 e. The normalized spacial score (nSPS) is 13.7. The fraction of sp³-hybridized carbons (Fsp3) is 0.316. The molecule has 0 bridgehead atoms. The zero-order valence-electron chi connectivity index (χ0n) is 15.5. The molecule has 0 saturated carbocycles. The number of rotatable bonds is 5. The lowest BCUT2D eigenvalue weighted by Gasteiger charge is -2.22. The van der Waals surface area contributed by atoms with E-state index >= 15 is 0 Å². The molecule has 2 N–H and O–H groups in total. The van der Waals surface area contributed by atoms with Crippen LogP contribution >= 0.6 is 24.0 Å². The van der Waals surface area contributed by atoms with E-state index in [0.717, 1.165) is 37.3 Å². The molecule has 6 nitrogen and oxygen atoms in total. The van der Waals surface area contributed by atoms with Gasteiger partial charge in [0.2, 0.25) is 10.0 Å². The summed E-state index contributed by atoms with van der Waals surface area (Å²) in [5.41, 5.74) is 4.02. The molecule has 2 aromatic rings. The molecule has 2 aromatic carbocycles. The Bertz CT molecular complexity index is 915. The third-order valence-corrected chi connectivity index (χ3v) is 4.73. The van der Waals surface area contributed by atoms with Crippen LogP contribution in [0.2, 0.25) is 0 Å². The first-order valence-corrected chi connectivity index (χ1v) is 10.6. The summed E-state index contributed by atoms with van der Waals surface area (Å²) in [6, 6.07) is 15.7. The lowest BCUT2D eigenvalue weighted by atomic mass is 10.2. The van der Waals surface area contributed by atoms with Gasteiger partial charge < -0.3 is 10.2 Å². The maximum Gasteiger partial charge on any atom is 0.229 e. The predicted molar refractivity (Wildman–Crippen MR) is 123 cm³/mol. The highest BCUT2D eigenvalue weighted by Crippen LogP contribution is 2.27. The fourth-order valence-electron chi connectivity index (χ4n) is 3.07. The third-order valence-electron chi connectivity index (χ3n) is 4.12. The van der Waals surface area contributed by atoms with Gasteiger partial charge in [0.15, 0.2) is 5.96 Å². The fourth-order valence-corrected chi connectivity index (χ4v) is 3.62. The summed E-state index contributed by atoms with van der Waals surface area (Å²) in [5.74, 6) is 0.846. The van der Waals surface area contributed by atoms with Crippen molar-refractivity contribution in [1.82, 2.24) is 5.32 Å². The molecule has 0 amide bonds. The Morgan fingerprint density at radius 1 is 1.19 bits per heavy atom. The van der Waals surface area contributed by atoms with E-state index < -0.39 is 10.0 Å². The van der Waals surface area contributed by atoms with Crippen LogP contribution in [0.1, 0.15) is 18.1 Å². The molecule has 146 valence electrons. The molecule has 0 aliphatic carbocycles. The molecule has 1 aliphatic heterocycles. The van der Waals surface area contributed by atoms with Crippen molar-refractivity contribution in [2.24, 2.45) is 4.99 Å². The van der Waals surface area contributed by atoms with Gasteiger partial charge in [0.1, 0.15) is 0 Å². The van der Waals surface area contributed by atoms with Gasteiger partial charge in [0, 0.05) is 24.5 Å². The first-order chi connectivity index (χ1) is 12.5. The minimum absolute atomic E-state index is 0. The quantitative estimate of drug-likeness (QED) is 0.376. The number of nitrogens with zero attached hydrogens (tertiary/aromatic N) is 2. The summed E-state index contributed by atoms with van der Waals surface area (Å²) in [7, 11) is -3.29. The maximum absolute atomic E-state index is 11.4. The van der Waals surface area contributed by atoms with Crippen LogP contribution in [0.3, 0.4) is 0 Å². The summed E-state index contributed by atoms with van der Waals surface area (Å²) >= 11 is 0. The number of guanidine groups is 1. The van der Waals surface area contributed by atoms with E-state index in [4.69, 9.17) is 4.99 Å².